The molecule has 5 aromatic rings. The van der Waals surface area contributed by atoms with Crippen LogP contribution >= 0.6 is 0 Å². The quantitative estimate of drug-likeness (QED) is 0.256. The molecule has 0 saturated heterocycles. The Kier molecular flexibility index (Phi) is 6.91. The molecule has 9 nitrogen and oxygen atoms in total. The van der Waals surface area contributed by atoms with Crippen LogP contribution in [-0.2, 0) is 32.6 Å². The third kappa shape index (κ3) is 4.86. The number of amides is 1. The lowest BCUT2D eigenvalue weighted by Gasteiger charge is -2.31. The van der Waals surface area contributed by atoms with Crippen LogP contribution in [-0.4, -0.2) is 48.4 Å². The van der Waals surface area contributed by atoms with Gasteiger partial charge in [-0.05, 0) is 60.7 Å². The topological polar surface area (TPSA) is 91.0 Å². The number of nitrogens with zero attached hydrogens (tertiary/aromatic N) is 7. The molecule has 1 aromatic carbocycles. The molecule has 4 aromatic heterocycles. The monoisotopic (exact) mass is 575 g/mol. The van der Waals surface area contributed by atoms with E-state index in [1.54, 1.807) is 52.6 Å². The number of anilines is 1. The summed E-state index contributed by atoms with van der Waals surface area (Å²) in [6.07, 6.45) is 4.33. The fourth-order valence-electron chi connectivity index (χ4n) is 5.52. The maximum atomic E-state index is 14.2. The van der Waals surface area contributed by atoms with Crippen molar-refractivity contribution >= 4 is 22.5 Å². The molecule has 0 fully saturated rings. The van der Waals surface area contributed by atoms with E-state index in [2.05, 4.69) is 20.1 Å². The van der Waals surface area contributed by atoms with Crippen LogP contribution in [0, 0.1) is 0 Å². The molecule has 1 aliphatic heterocycles. The number of hydrogen-bond acceptors (Lipinski definition) is 6. The van der Waals surface area contributed by atoms with Gasteiger partial charge in [-0.3, -0.25) is 14.5 Å². The van der Waals surface area contributed by atoms with E-state index in [-0.39, 0.29) is 18.0 Å². The van der Waals surface area contributed by atoms with Gasteiger partial charge < -0.3 is 14.2 Å². The second-order valence-corrected chi connectivity index (χ2v) is 10.1. The zero-order chi connectivity index (χ0) is 29.6. The number of ether oxygens (including phenoxy) is 1. The second-order valence-electron chi connectivity index (χ2n) is 10.1. The molecule has 12 heteroatoms. The van der Waals surface area contributed by atoms with Crippen molar-refractivity contribution in [2.24, 2.45) is 7.05 Å². The van der Waals surface area contributed by atoms with Crippen molar-refractivity contribution in [3.63, 3.8) is 0 Å². The number of pyridine rings is 2. The number of benzene rings is 1. The SMILES string of the molecule is CCOc1nc(CC)cc2c(N3CCc4c(cc(Cn5ccnc5)cc4-c4cn(C)nc4C(F)(F)F)C3=O)ccnc12. The maximum absolute atomic E-state index is 14.2. The smallest absolute Gasteiger partial charge is 0.435 e. The van der Waals surface area contributed by atoms with Crippen LogP contribution in [0.4, 0.5) is 18.9 Å². The van der Waals surface area contributed by atoms with E-state index in [0.717, 1.165) is 15.8 Å². The summed E-state index contributed by atoms with van der Waals surface area (Å²) in [4.78, 5) is 29.1. The number of fused-ring (bicyclic) bond motifs is 2. The van der Waals surface area contributed by atoms with Gasteiger partial charge in [0.15, 0.2) is 5.69 Å². The number of hydrogen-bond donors (Lipinski definition) is 0. The fourth-order valence-corrected chi connectivity index (χ4v) is 5.52. The van der Waals surface area contributed by atoms with Crippen molar-refractivity contribution in [3.8, 4) is 17.0 Å². The fraction of sp³-hybridized carbons (Fsp3) is 0.300. The van der Waals surface area contributed by atoms with Gasteiger partial charge in [-0.1, -0.05) is 6.92 Å². The number of halogens is 3. The lowest BCUT2D eigenvalue weighted by Crippen LogP contribution is -2.38. The van der Waals surface area contributed by atoms with Gasteiger partial charge in [-0.25, -0.2) is 9.97 Å². The number of imidazole rings is 1. The van der Waals surface area contributed by atoms with Gasteiger partial charge in [0.25, 0.3) is 5.91 Å². The van der Waals surface area contributed by atoms with Gasteiger partial charge in [0.1, 0.15) is 5.52 Å². The van der Waals surface area contributed by atoms with E-state index in [1.165, 1.54) is 13.2 Å². The highest BCUT2D eigenvalue weighted by molar-refractivity contribution is 6.13. The molecule has 0 unspecified atom stereocenters. The highest BCUT2D eigenvalue weighted by atomic mass is 19.4. The summed E-state index contributed by atoms with van der Waals surface area (Å²) in [5.41, 5.74) is 2.90. The molecule has 5 heterocycles. The van der Waals surface area contributed by atoms with Crippen molar-refractivity contribution in [1.82, 2.24) is 29.3 Å². The molecule has 42 heavy (non-hydrogen) atoms. The first-order chi connectivity index (χ1) is 20.2. The predicted octanol–water partition coefficient (Wildman–Crippen LogP) is 5.46. The number of rotatable bonds is 7. The molecule has 0 saturated carbocycles. The Morgan fingerprint density at radius 1 is 1.07 bits per heavy atom. The zero-order valence-corrected chi connectivity index (χ0v) is 23.3. The molecule has 0 bridgehead atoms. The summed E-state index contributed by atoms with van der Waals surface area (Å²) in [6.45, 7) is 4.87. The third-order valence-corrected chi connectivity index (χ3v) is 7.34. The average Bonchev–Trinajstić information content (AvgIpc) is 3.62. The number of carbonyl (C=O) groups excluding carboxylic acids is 1. The lowest BCUT2D eigenvalue weighted by molar-refractivity contribution is -0.140. The number of alkyl halides is 3. The van der Waals surface area contributed by atoms with Crippen LogP contribution in [0.25, 0.3) is 22.0 Å². The van der Waals surface area contributed by atoms with E-state index in [9.17, 15) is 18.0 Å². The minimum Gasteiger partial charge on any atom is -0.476 e. The van der Waals surface area contributed by atoms with Crippen molar-refractivity contribution in [1.29, 1.82) is 0 Å². The third-order valence-electron chi connectivity index (χ3n) is 7.34. The molecule has 0 spiro atoms. The Labute approximate surface area is 239 Å². The van der Waals surface area contributed by atoms with Gasteiger partial charge in [0, 0.05) is 67.1 Å². The normalized spacial score (nSPS) is 13.6. The average molecular weight is 576 g/mol. The highest BCUT2D eigenvalue weighted by Crippen LogP contribution is 2.41. The molecule has 0 atom stereocenters. The van der Waals surface area contributed by atoms with Crippen LogP contribution in [0.2, 0.25) is 0 Å². The summed E-state index contributed by atoms with van der Waals surface area (Å²) < 4.78 is 50.9. The first-order valence-corrected chi connectivity index (χ1v) is 13.6. The molecule has 0 aliphatic carbocycles. The van der Waals surface area contributed by atoms with E-state index in [1.807, 2.05) is 19.9 Å². The summed E-state index contributed by atoms with van der Waals surface area (Å²) in [6, 6.07) is 7.18. The van der Waals surface area contributed by atoms with Crippen LogP contribution in [0.15, 0.2) is 55.4 Å². The minimum absolute atomic E-state index is 0.0515. The first kappa shape index (κ1) is 27.4. The molecule has 1 amide bonds. The Balaban J connectivity index is 1.52. The summed E-state index contributed by atoms with van der Waals surface area (Å²) in [7, 11) is 1.46. The van der Waals surface area contributed by atoms with Gasteiger partial charge in [-0.15, -0.1) is 0 Å². The maximum Gasteiger partial charge on any atom is 0.435 e. The molecule has 6 rings (SSSR count). The lowest BCUT2D eigenvalue weighted by atomic mass is 9.88. The largest absolute Gasteiger partial charge is 0.476 e. The van der Waals surface area contributed by atoms with Gasteiger partial charge in [0.05, 0.1) is 18.6 Å². The van der Waals surface area contributed by atoms with Crippen molar-refractivity contribution < 1.29 is 22.7 Å². The van der Waals surface area contributed by atoms with Crippen molar-refractivity contribution in [2.45, 2.75) is 39.4 Å². The number of carbonyl (C=O) groups is 1. The molecule has 0 radical (unpaired) electrons. The van der Waals surface area contributed by atoms with Crippen LogP contribution < -0.4 is 9.64 Å². The Morgan fingerprint density at radius 3 is 2.60 bits per heavy atom. The first-order valence-electron chi connectivity index (χ1n) is 13.6. The zero-order valence-electron chi connectivity index (χ0n) is 23.3. The summed E-state index contributed by atoms with van der Waals surface area (Å²) in [5, 5.41) is 4.45. The van der Waals surface area contributed by atoms with Crippen molar-refractivity contribution in [2.75, 3.05) is 18.1 Å². The van der Waals surface area contributed by atoms with Gasteiger partial charge in [0.2, 0.25) is 5.88 Å². The van der Waals surface area contributed by atoms with Gasteiger partial charge in [-0.2, -0.15) is 18.3 Å². The molecule has 0 N–H and O–H groups in total. The Hall–Kier alpha value is -4.74. The van der Waals surface area contributed by atoms with Crippen molar-refractivity contribution in [3.05, 3.63) is 83.5 Å². The molecular formula is C30H28F3N7O2. The molecule has 216 valence electrons. The molecular weight excluding hydrogens is 547 g/mol. The van der Waals surface area contributed by atoms with Crippen LogP contribution in [0.3, 0.4) is 0 Å². The minimum atomic E-state index is -4.66. The van der Waals surface area contributed by atoms with Crippen LogP contribution in [0.5, 0.6) is 5.88 Å². The summed E-state index contributed by atoms with van der Waals surface area (Å²) >= 11 is 0. The van der Waals surface area contributed by atoms with E-state index in [0.29, 0.717) is 65.3 Å². The Morgan fingerprint density at radius 2 is 1.88 bits per heavy atom. The standard InChI is InChI=1S/C30H28F3N7O2/c1-4-19-14-23-25(6-8-35-26(23)28(36-19)42-5-2)40-10-7-20-21(24-16-38(3)37-27(24)30(31,32)33)12-18(13-22(20)29(40)41)15-39-11-9-34-17-39/h6,8-9,11-14,16-17H,4-5,7,10,15H2,1-3H3. The van der Waals surface area contributed by atoms with E-state index >= 15 is 0 Å². The highest BCUT2D eigenvalue weighted by Gasteiger charge is 2.39. The summed E-state index contributed by atoms with van der Waals surface area (Å²) in [5.74, 6) is 0.0995. The van der Waals surface area contributed by atoms with E-state index in [4.69, 9.17) is 4.74 Å². The van der Waals surface area contributed by atoms with E-state index < -0.39 is 11.9 Å². The van der Waals surface area contributed by atoms with Crippen LogP contribution in [0.1, 0.15) is 46.7 Å². The number of aryl methyl sites for hydroxylation is 2. The second kappa shape index (κ2) is 10.6. The van der Waals surface area contributed by atoms with Gasteiger partial charge >= 0.3 is 6.18 Å². The Bertz CT molecular complexity index is 1800. The predicted molar refractivity (Wildman–Crippen MR) is 150 cm³/mol. The molecule has 1 aliphatic rings. The number of aromatic nitrogens is 6.